The molecule has 0 spiro atoms. The van der Waals surface area contributed by atoms with Crippen molar-refractivity contribution in [3.63, 3.8) is 0 Å². The van der Waals surface area contributed by atoms with Gasteiger partial charge in [-0.1, -0.05) is 13.8 Å². The number of aliphatic hydroxyl groups excluding tert-OH is 4. The number of rotatable bonds is 6. The molecule has 0 bridgehead atoms. The minimum Gasteiger partial charge on any atom is -0.396 e. The maximum atomic E-state index is 8.50. The van der Waals surface area contributed by atoms with Gasteiger partial charge >= 0.3 is 0 Å². The molecule has 0 atom stereocenters. The monoisotopic (exact) mass is 209 g/mol. The lowest BCUT2D eigenvalue weighted by Gasteiger charge is -2.23. The highest BCUT2D eigenvalue weighted by Crippen LogP contribution is 2.11. The van der Waals surface area contributed by atoms with Gasteiger partial charge in [0.05, 0.1) is 31.8 Å². The van der Waals surface area contributed by atoms with Crippen LogP contribution in [0.4, 0.5) is 0 Å². The van der Waals surface area contributed by atoms with Crippen LogP contribution in [0.15, 0.2) is 0 Å². The van der Waals surface area contributed by atoms with Crippen molar-refractivity contribution < 1.29 is 20.4 Å². The smallest absolute Gasteiger partial charge is 0.0627 e. The summed E-state index contributed by atoms with van der Waals surface area (Å²) in [4.78, 5) is 0. The third-order valence-electron chi connectivity index (χ3n) is 1.84. The Balaban J connectivity index is 0. The average molecular weight is 209 g/mol. The molecule has 0 unspecified atom stereocenters. The zero-order valence-electron chi connectivity index (χ0n) is 9.03. The van der Waals surface area contributed by atoms with E-state index in [-0.39, 0.29) is 0 Å². The minimum atomic E-state index is -1.11. The third kappa shape index (κ3) is 7.23. The predicted octanol–water partition coefficient (Wildman–Crippen LogP) is -1.44. The summed E-state index contributed by atoms with van der Waals surface area (Å²) in [5.74, 6) is 0. The number of hydrogen-bond acceptors (Lipinski definition) is 5. The van der Waals surface area contributed by atoms with E-state index in [0.29, 0.717) is 0 Å². The Hall–Kier alpha value is -0.200. The van der Waals surface area contributed by atoms with E-state index >= 15 is 0 Å². The molecular formula is C9H23NO4. The molecule has 0 aliphatic carbocycles. The first kappa shape index (κ1) is 16.2. The summed E-state index contributed by atoms with van der Waals surface area (Å²) >= 11 is 0. The van der Waals surface area contributed by atoms with Crippen molar-refractivity contribution in [2.24, 2.45) is 5.41 Å². The first-order valence-electron chi connectivity index (χ1n) is 4.80. The summed E-state index contributed by atoms with van der Waals surface area (Å²) in [6, 6.07) is 0. The van der Waals surface area contributed by atoms with Crippen LogP contribution < -0.4 is 5.32 Å². The van der Waals surface area contributed by atoms with Crippen LogP contribution >= 0.6 is 0 Å². The van der Waals surface area contributed by atoms with Gasteiger partial charge in [0.25, 0.3) is 0 Å². The van der Waals surface area contributed by atoms with Gasteiger partial charge in [0.15, 0.2) is 0 Å². The van der Waals surface area contributed by atoms with Crippen molar-refractivity contribution in [1.29, 1.82) is 0 Å². The number of aliphatic hydroxyl groups is 4. The summed E-state index contributed by atoms with van der Waals surface area (Å²) in [6.45, 7) is 4.76. The van der Waals surface area contributed by atoms with Crippen LogP contribution in [0.5, 0.6) is 0 Å². The molecule has 0 fully saturated rings. The average Bonchev–Trinajstić information content (AvgIpc) is 2.24. The van der Waals surface area contributed by atoms with Crippen LogP contribution in [0, 0.1) is 5.41 Å². The molecule has 5 heteroatoms. The second-order valence-corrected chi connectivity index (χ2v) is 3.09. The quantitative estimate of drug-likeness (QED) is 0.369. The molecule has 0 aromatic heterocycles. The molecule has 0 saturated heterocycles. The van der Waals surface area contributed by atoms with Crippen molar-refractivity contribution in [2.45, 2.75) is 13.8 Å². The number of nitrogens with one attached hydrogen (secondary N) is 1. The van der Waals surface area contributed by atoms with Gasteiger partial charge in [-0.15, -0.1) is 0 Å². The largest absolute Gasteiger partial charge is 0.396 e. The fraction of sp³-hybridized carbons (Fsp3) is 1.00. The molecule has 0 aliphatic rings. The Morgan fingerprint density at radius 1 is 0.786 bits per heavy atom. The molecule has 5 nitrogen and oxygen atoms in total. The van der Waals surface area contributed by atoms with Gasteiger partial charge in [0.1, 0.15) is 0 Å². The molecule has 0 aliphatic heterocycles. The highest BCUT2D eigenvalue weighted by molar-refractivity contribution is 4.74. The molecule has 88 valence electrons. The first-order valence-corrected chi connectivity index (χ1v) is 4.80. The van der Waals surface area contributed by atoms with Crippen molar-refractivity contribution in [3.05, 3.63) is 0 Å². The Morgan fingerprint density at radius 3 is 1.07 bits per heavy atom. The molecule has 0 rings (SSSR count). The van der Waals surface area contributed by atoms with Crippen LogP contribution in [0.1, 0.15) is 13.8 Å². The summed E-state index contributed by atoms with van der Waals surface area (Å²) in [6.07, 6.45) is 0. The highest BCUT2D eigenvalue weighted by atomic mass is 16.3. The van der Waals surface area contributed by atoms with E-state index in [0.717, 1.165) is 13.1 Å². The van der Waals surface area contributed by atoms with Crippen LogP contribution in [0.25, 0.3) is 0 Å². The fourth-order valence-corrected chi connectivity index (χ4v) is 0.550. The first-order chi connectivity index (χ1) is 6.66. The Morgan fingerprint density at radius 2 is 1.07 bits per heavy atom. The molecule has 0 aromatic rings. The van der Waals surface area contributed by atoms with Crippen molar-refractivity contribution in [3.8, 4) is 0 Å². The lowest BCUT2D eigenvalue weighted by atomic mass is 9.93. The highest BCUT2D eigenvalue weighted by Gasteiger charge is 2.26. The van der Waals surface area contributed by atoms with E-state index < -0.39 is 31.8 Å². The molecule has 0 saturated carbocycles. The van der Waals surface area contributed by atoms with Crippen LogP contribution in [-0.4, -0.2) is 59.9 Å². The third-order valence-corrected chi connectivity index (χ3v) is 1.84. The van der Waals surface area contributed by atoms with Gasteiger partial charge in [0, 0.05) is 0 Å². The normalized spacial score (nSPS) is 10.7. The maximum absolute atomic E-state index is 8.50. The topological polar surface area (TPSA) is 93.0 Å². The van der Waals surface area contributed by atoms with Gasteiger partial charge in [-0.3, -0.25) is 0 Å². The van der Waals surface area contributed by atoms with E-state index in [4.69, 9.17) is 20.4 Å². The van der Waals surface area contributed by atoms with E-state index in [1.807, 2.05) is 0 Å². The molecule has 14 heavy (non-hydrogen) atoms. The molecule has 0 radical (unpaired) electrons. The molecular weight excluding hydrogens is 186 g/mol. The van der Waals surface area contributed by atoms with Crippen LogP contribution in [-0.2, 0) is 0 Å². The number of hydrogen-bond donors (Lipinski definition) is 5. The summed E-state index contributed by atoms with van der Waals surface area (Å²) < 4.78 is 0. The van der Waals surface area contributed by atoms with Crippen molar-refractivity contribution >= 4 is 0 Å². The zero-order chi connectivity index (χ0) is 11.4. The molecule has 0 aromatic carbocycles. The molecule has 5 N–H and O–H groups in total. The summed E-state index contributed by atoms with van der Waals surface area (Å²) in [7, 11) is 0. The van der Waals surface area contributed by atoms with Crippen molar-refractivity contribution in [1.82, 2.24) is 5.32 Å². The van der Waals surface area contributed by atoms with Crippen LogP contribution in [0.2, 0.25) is 0 Å². The van der Waals surface area contributed by atoms with Crippen LogP contribution in [0.3, 0.4) is 0 Å². The van der Waals surface area contributed by atoms with E-state index in [1.165, 1.54) is 0 Å². The van der Waals surface area contributed by atoms with Gasteiger partial charge < -0.3 is 25.7 Å². The van der Waals surface area contributed by atoms with E-state index in [1.54, 1.807) is 0 Å². The molecule has 0 heterocycles. The maximum Gasteiger partial charge on any atom is 0.0627 e. The minimum absolute atomic E-state index is 0.406. The lowest BCUT2D eigenvalue weighted by Crippen LogP contribution is -2.37. The second kappa shape index (κ2) is 10.9. The second-order valence-electron chi connectivity index (χ2n) is 3.09. The Kier molecular flexibility index (Phi) is 12.6. The van der Waals surface area contributed by atoms with Crippen molar-refractivity contribution in [2.75, 3.05) is 39.5 Å². The van der Waals surface area contributed by atoms with E-state index in [9.17, 15) is 0 Å². The van der Waals surface area contributed by atoms with Gasteiger partial charge in [-0.05, 0) is 13.1 Å². The molecule has 0 amide bonds. The Bertz CT molecular complexity index is 87.5. The summed E-state index contributed by atoms with van der Waals surface area (Å²) in [5.41, 5.74) is -1.11. The fourth-order valence-electron chi connectivity index (χ4n) is 0.550. The summed E-state index contributed by atoms with van der Waals surface area (Å²) in [5, 5.41) is 37.1. The zero-order valence-corrected chi connectivity index (χ0v) is 9.03. The van der Waals surface area contributed by atoms with E-state index in [2.05, 4.69) is 19.2 Å². The predicted molar refractivity (Wildman–Crippen MR) is 55.0 cm³/mol. The standard InChI is InChI=1S/C5H12O4.C4H11N/c6-1-5(2-7,3-8)4-9;1-3-5-4-2/h6-9H,1-4H2;5H,3-4H2,1-2H3. The lowest BCUT2D eigenvalue weighted by molar-refractivity contribution is -0.0328. The van der Waals surface area contributed by atoms with Gasteiger partial charge in [0.2, 0.25) is 0 Å². The van der Waals surface area contributed by atoms with Gasteiger partial charge in [-0.2, -0.15) is 0 Å². The Labute approximate surface area is 85.4 Å². The van der Waals surface area contributed by atoms with Gasteiger partial charge in [-0.25, -0.2) is 0 Å². The SMILES string of the molecule is CCNCC.OCC(CO)(CO)CO.